The number of aromatic hydroxyl groups is 2. The Morgan fingerprint density at radius 3 is 2.00 bits per heavy atom. The maximum Gasteiger partial charge on any atom is 0.202 e. The summed E-state index contributed by atoms with van der Waals surface area (Å²) in [7, 11) is 3.13. The number of aliphatic hydroxyl groups excluding tert-OH is 1. The third-order valence-corrected chi connectivity index (χ3v) is 8.53. The van der Waals surface area contributed by atoms with Crippen LogP contribution in [0, 0.1) is 20.4 Å². The molecule has 6 atom stereocenters. The molecule has 0 unspecified atom stereocenters. The smallest absolute Gasteiger partial charge is 0.202 e. The van der Waals surface area contributed by atoms with Gasteiger partial charge in [0.05, 0.1) is 42.1 Å². The summed E-state index contributed by atoms with van der Waals surface area (Å²) in [6.07, 6.45) is -3.98. The Kier molecular flexibility index (Phi) is 43.7. The Hall–Kier alpha value is 3.64. The van der Waals surface area contributed by atoms with Crippen LogP contribution in [0.5, 0.6) is 17.2 Å². The SMILES string of the molecule is [CH2-]C[CH-]N(C)[C@H]1C[C@H](O[C@H]2C[C@](O)(C([CH2-])=O)Cc3c(O)c4c(c(O)c32)C(=O)c2c(OC)cccc2C4=O)O[C@@H](C)[C@H]1O.[V].[V].[V].[V].[V].[V].[V].[V].[V].[V].[V].[W]. The van der Waals surface area contributed by atoms with Crippen molar-refractivity contribution in [1.29, 1.82) is 0 Å². The van der Waals surface area contributed by atoms with Gasteiger partial charge < -0.3 is 64.6 Å². The quantitative estimate of drug-likeness (QED) is 0.203. The Balaban J connectivity index is -0.000000294. The molecule has 5 rings (SSSR count). The first-order valence-corrected chi connectivity index (χ1v) is 13.6. The summed E-state index contributed by atoms with van der Waals surface area (Å²) in [5, 5.41) is 45.1. The van der Waals surface area contributed by atoms with Crippen molar-refractivity contribution in [3.8, 4) is 17.2 Å². The van der Waals surface area contributed by atoms with Gasteiger partial charge in [-0.05, 0) is 20.0 Å². The van der Waals surface area contributed by atoms with E-state index in [2.05, 4.69) is 13.8 Å². The number of carbonyl (C=O) groups excluding carboxylic acids is 3. The van der Waals surface area contributed by atoms with Crippen LogP contribution < -0.4 is 4.74 Å². The van der Waals surface area contributed by atoms with Gasteiger partial charge >= 0.3 is 0 Å². The van der Waals surface area contributed by atoms with Gasteiger partial charge in [-0.2, -0.15) is 0 Å². The normalized spacial score (nSPS) is 22.3. The van der Waals surface area contributed by atoms with Crippen LogP contribution in [0.3, 0.4) is 0 Å². The van der Waals surface area contributed by atoms with E-state index < -0.39 is 82.6 Å². The third kappa shape index (κ3) is 14.6. The number of Topliss-reactive ketones (excluding diaryl/α,β-unsaturated/α-hetero) is 1. The van der Waals surface area contributed by atoms with E-state index in [1.807, 2.05) is 11.4 Å². The average Bonchev–Trinajstić information content (AvgIpc) is 2.94. The molecule has 1 aliphatic heterocycles. The van der Waals surface area contributed by atoms with Gasteiger partial charge in [0.15, 0.2) is 12.1 Å². The minimum absolute atomic E-state index is 0. The molecule has 4 N–H and O–H groups in total. The Morgan fingerprint density at radius 1 is 0.963 bits per heavy atom. The van der Waals surface area contributed by atoms with E-state index >= 15 is 0 Å². The van der Waals surface area contributed by atoms with Gasteiger partial charge in [-0.3, -0.25) is 16.1 Å². The fraction of sp³-hybridized carbons (Fsp3) is 0.419. The summed E-state index contributed by atoms with van der Waals surface area (Å²) in [5.41, 5.74) is -3.22. The molecule has 3 aliphatic rings. The molecule has 287 valence electrons. The van der Waals surface area contributed by atoms with Crippen molar-refractivity contribution in [2.75, 3.05) is 14.2 Å². The molecule has 11 radical (unpaired) electrons. The molecule has 0 bridgehead atoms. The van der Waals surface area contributed by atoms with Crippen molar-refractivity contribution in [2.45, 2.75) is 68.9 Å². The van der Waals surface area contributed by atoms with Crippen LogP contribution in [-0.4, -0.2) is 87.0 Å². The van der Waals surface area contributed by atoms with Crippen molar-refractivity contribution < 1.29 is 274 Å². The Bertz CT molecular complexity index is 1500. The monoisotopic (exact) mass is 1320 g/mol. The van der Waals surface area contributed by atoms with Gasteiger partial charge in [-0.1, -0.05) is 12.1 Å². The van der Waals surface area contributed by atoms with Crippen LogP contribution in [0.15, 0.2) is 18.2 Å². The van der Waals surface area contributed by atoms with Gasteiger partial charge in [0.25, 0.3) is 0 Å². The van der Waals surface area contributed by atoms with Crippen molar-refractivity contribution in [3.63, 3.8) is 0 Å². The first kappa shape index (κ1) is 75.0. The van der Waals surface area contributed by atoms with E-state index in [4.69, 9.17) is 14.2 Å². The average molecular weight is 1320 g/mol. The molecule has 54 heavy (non-hydrogen) atoms. The van der Waals surface area contributed by atoms with Gasteiger partial charge in [0, 0.05) is 273 Å². The maximum atomic E-state index is 13.8. The van der Waals surface area contributed by atoms with E-state index in [-0.39, 0.29) is 266 Å². The molecule has 0 spiro atoms. The molecule has 2 aliphatic carbocycles. The van der Waals surface area contributed by atoms with Crippen LogP contribution >= 0.6 is 0 Å². The topological polar surface area (TPSA) is 163 Å². The molecular weight excluding hydrogens is 1290 g/mol. The molecule has 0 amide bonds. The molecule has 1 heterocycles. The van der Waals surface area contributed by atoms with Crippen LogP contribution in [-0.2, 0) is 246 Å². The van der Waals surface area contributed by atoms with E-state index in [0.29, 0.717) is 6.42 Å². The second-order valence-corrected chi connectivity index (χ2v) is 11.0. The molecule has 0 aromatic heterocycles. The number of nitrogens with zero attached hydrogens (tertiary/aromatic N) is 1. The number of phenolic OH excluding ortho intramolecular Hbond substituents is 2. The van der Waals surface area contributed by atoms with E-state index in [9.17, 15) is 34.8 Å². The third-order valence-electron chi connectivity index (χ3n) is 8.53. The van der Waals surface area contributed by atoms with E-state index in [1.54, 1.807) is 14.0 Å². The molecule has 23 heteroatoms. The van der Waals surface area contributed by atoms with Crippen molar-refractivity contribution in [1.82, 2.24) is 4.90 Å². The number of methoxy groups -OCH3 is 1. The Labute approximate surface area is 462 Å². The number of aliphatic hydroxyl groups is 2. The van der Waals surface area contributed by atoms with Crippen LogP contribution in [0.2, 0.25) is 0 Å². The number of hydrogen-bond donors (Lipinski definition) is 4. The van der Waals surface area contributed by atoms with Gasteiger partial charge in [0.2, 0.25) is 5.78 Å². The van der Waals surface area contributed by atoms with E-state index in [0.717, 1.165) is 0 Å². The predicted molar refractivity (Wildman–Crippen MR) is 148 cm³/mol. The first-order valence-electron chi connectivity index (χ1n) is 13.6. The van der Waals surface area contributed by atoms with Crippen molar-refractivity contribution >= 4 is 17.3 Å². The second-order valence-electron chi connectivity index (χ2n) is 11.0. The van der Waals surface area contributed by atoms with Gasteiger partial charge in [-0.25, -0.2) is 0 Å². The molecule has 1 fully saturated rings. The summed E-state index contributed by atoms with van der Waals surface area (Å²) in [6, 6.07) is 4.01. The molecule has 2 aromatic rings. The number of fused-ring (bicyclic) bond motifs is 3. The fourth-order valence-electron chi connectivity index (χ4n) is 6.29. The number of hydrogen-bond acceptors (Lipinski definition) is 11. The number of likely N-dealkylation sites (N-methyl/N-ethyl adjacent to an activating group) is 1. The van der Waals surface area contributed by atoms with Crippen molar-refractivity contribution in [3.05, 3.63) is 72.0 Å². The summed E-state index contributed by atoms with van der Waals surface area (Å²) in [6.45, 7) is 10.7. The van der Waals surface area contributed by atoms with E-state index in [1.165, 1.54) is 25.3 Å². The van der Waals surface area contributed by atoms with Crippen molar-refractivity contribution in [2.24, 2.45) is 0 Å². The summed E-state index contributed by atoms with van der Waals surface area (Å²) >= 11 is 0. The molecule has 2 aromatic carbocycles. The summed E-state index contributed by atoms with van der Waals surface area (Å²) < 4.78 is 17.5. The zero-order valence-corrected chi connectivity index (χ0v) is 47.2. The fourth-order valence-corrected chi connectivity index (χ4v) is 6.29. The predicted octanol–water partition coefficient (Wildman–Crippen LogP) is 2.17. The Morgan fingerprint density at radius 2 is 1.50 bits per heavy atom. The van der Waals surface area contributed by atoms with Crippen LogP contribution in [0.1, 0.15) is 75.3 Å². The van der Waals surface area contributed by atoms with Crippen LogP contribution in [0.25, 0.3) is 0 Å². The number of phenols is 2. The number of ether oxygens (including phenoxy) is 3. The number of benzene rings is 2. The number of ketones is 3. The maximum absolute atomic E-state index is 13.8. The number of rotatable bonds is 7. The van der Waals surface area contributed by atoms with Gasteiger partial charge in [-0.15, -0.1) is 0 Å². The number of carbonyl (C=O) groups is 3. The summed E-state index contributed by atoms with van der Waals surface area (Å²) in [5.74, 6) is -3.46. The minimum Gasteiger partial charge on any atom is -0.507 e. The minimum atomic E-state index is -2.11. The first-order chi connectivity index (χ1) is 19.8. The van der Waals surface area contributed by atoms with Crippen LogP contribution in [0.4, 0.5) is 0 Å². The second kappa shape index (κ2) is 31.5. The molecule has 11 nitrogen and oxygen atoms in total. The standard InChI is InChI=1S/C31H34NO10.11V.W/c1-6-10-32(4)18-11-21(41-14(2)26(18)34)42-20-13-31(39,15(3)33)12-17-23(20)30(38)25-24(28(17)36)27(35)16-8-7-9-19(40-5)22(16)29(25)37;;;;;;;;;;;;/h7-10,14,18,20-21,26,34,36,38-39H,1,3,6,11-13H2,2,4-5H3;;;;;;;;;;;;/q-3;;;;;;;;;;;;/t14-,18-,20-,21-,26+,31-;;;;;;;;;;;;/m0............/s1. The largest absolute Gasteiger partial charge is 0.507 e. The molecule has 0 saturated carbocycles. The summed E-state index contributed by atoms with van der Waals surface area (Å²) in [4.78, 5) is 41.7. The van der Waals surface area contributed by atoms with Gasteiger partial charge in [0.1, 0.15) is 22.8 Å². The molecular formula is C31H34NO10V11W-3. The zero-order chi connectivity index (χ0) is 30.7. The zero-order valence-electron chi connectivity index (χ0n) is 29.0. The molecule has 1 saturated heterocycles.